The second-order valence-corrected chi connectivity index (χ2v) is 4.22. The Hall–Kier alpha value is -2.76. The molecule has 0 saturated carbocycles. The lowest BCUT2D eigenvalue weighted by molar-refractivity contribution is 0.0926. The van der Waals surface area contributed by atoms with E-state index in [0.29, 0.717) is 22.8 Å². The highest BCUT2D eigenvalue weighted by Crippen LogP contribution is 2.22. The fourth-order valence-electron chi connectivity index (χ4n) is 1.71. The first-order valence-corrected chi connectivity index (χ1v) is 6.26. The first-order valence-electron chi connectivity index (χ1n) is 6.26. The third kappa shape index (κ3) is 3.62. The largest absolute Gasteiger partial charge is 0.497 e. The van der Waals surface area contributed by atoms with E-state index in [1.807, 2.05) is 0 Å². The van der Waals surface area contributed by atoms with Crippen LogP contribution in [0, 0.1) is 6.92 Å². The number of nitrogens with zero attached hydrogens (tertiary/aromatic N) is 1. The maximum atomic E-state index is 11.8. The highest BCUT2D eigenvalue weighted by atomic mass is 16.5. The molecule has 0 bridgehead atoms. The number of aryl methyl sites for hydroxylation is 1. The second kappa shape index (κ2) is 6.60. The van der Waals surface area contributed by atoms with Gasteiger partial charge in [-0.3, -0.25) is 4.79 Å². The van der Waals surface area contributed by atoms with E-state index < -0.39 is 5.91 Å². The Kier molecular flexibility index (Phi) is 4.61. The van der Waals surface area contributed by atoms with Crippen LogP contribution in [0.1, 0.15) is 21.9 Å². The van der Waals surface area contributed by atoms with Crippen molar-refractivity contribution >= 4 is 12.1 Å². The first kappa shape index (κ1) is 14.6. The van der Waals surface area contributed by atoms with E-state index in [1.54, 1.807) is 51.5 Å². The highest BCUT2D eigenvalue weighted by Gasteiger charge is 2.08. The molecule has 1 N–H and O–H groups in total. The van der Waals surface area contributed by atoms with Crippen molar-refractivity contribution in [3.8, 4) is 11.5 Å². The average molecular weight is 288 g/mol. The van der Waals surface area contributed by atoms with Crippen LogP contribution in [0.15, 0.2) is 39.9 Å². The van der Waals surface area contributed by atoms with Gasteiger partial charge in [-0.2, -0.15) is 5.10 Å². The van der Waals surface area contributed by atoms with Crippen LogP contribution in [-0.4, -0.2) is 26.3 Å². The van der Waals surface area contributed by atoms with Crippen molar-refractivity contribution in [3.63, 3.8) is 0 Å². The van der Waals surface area contributed by atoms with Crippen LogP contribution >= 0.6 is 0 Å². The summed E-state index contributed by atoms with van der Waals surface area (Å²) in [6.07, 6.45) is 1.48. The number of hydrazone groups is 1. The van der Waals surface area contributed by atoms with Crippen LogP contribution in [0.25, 0.3) is 0 Å². The molecular weight excluding hydrogens is 272 g/mol. The molecular formula is C15H16N2O4. The lowest BCUT2D eigenvalue weighted by atomic mass is 10.2. The monoisotopic (exact) mass is 288 g/mol. The van der Waals surface area contributed by atoms with E-state index in [4.69, 9.17) is 13.9 Å². The minimum atomic E-state index is -0.416. The molecule has 0 saturated heterocycles. The fraction of sp³-hybridized carbons (Fsp3) is 0.200. The summed E-state index contributed by atoms with van der Waals surface area (Å²) in [6, 6.07) is 8.60. The summed E-state index contributed by atoms with van der Waals surface area (Å²) in [5, 5.41) is 3.89. The third-order valence-corrected chi connectivity index (χ3v) is 2.77. The number of amides is 1. The molecule has 0 fully saturated rings. The quantitative estimate of drug-likeness (QED) is 0.677. The van der Waals surface area contributed by atoms with E-state index in [-0.39, 0.29) is 5.76 Å². The third-order valence-electron chi connectivity index (χ3n) is 2.77. The molecule has 0 radical (unpaired) electrons. The zero-order valence-electron chi connectivity index (χ0n) is 12.0. The molecule has 21 heavy (non-hydrogen) atoms. The summed E-state index contributed by atoms with van der Waals surface area (Å²) in [5.41, 5.74) is 3.08. The number of rotatable bonds is 5. The number of hydrogen-bond donors (Lipinski definition) is 1. The zero-order valence-corrected chi connectivity index (χ0v) is 12.0. The van der Waals surface area contributed by atoms with Gasteiger partial charge < -0.3 is 13.9 Å². The SMILES string of the molecule is COc1ccc(OC)c(/C=N/NC(=O)c2ccc(C)o2)c1. The van der Waals surface area contributed by atoms with Gasteiger partial charge in [-0.05, 0) is 37.3 Å². The molecule has 1 aromatic carbocycles. The van der Waals surface area contributed by atoms with Gasteiger partial charge in [-0.1, -0.05) is 0 Å². The minimum Gasteiger partial charge on any atom is -0.497 e. The van der Waals surface area contributed by atoms with Gasteiger partial charge in [0.25, 0.3) is 0 Å². The van der Waals surface area contributed by atoms with E-state index in [0.717, 1.165) is 0 Å². The van der Waals surface area contributed by atoms with Gasteiger partial charge in [-0.25, -0.2) is 5.43 Å². The number of furan rings is 1. The molecule has 0 atom stereocenters. The Morgan fingerprint density at radius 1 is 1.24 bits per heavy atom. The summed E-state index contributed by atoms with van der Waals surface area (Å²) in [7, 11) is 3.13. The van der Waals surface area contributed by atoms with Crippen LogP contribution in [0.4, 0.5) is 0 Å². The molecule has 2 rings (SSSR count). The van der Waals surface area contributed by atoms with E-state index in [9.17, 15) is 4.79 Å². The van der Waals surface area contributed by atoms with Crippen molar-refractivity contribution in [2.75, 3.05) is 14.2 Å². The van der Waals surface area contributed by atoms with Crippen molar-refractivity contribution in [2.45, 2.75) is 6.92 Å². The van der Waals surface area contributed by atoms with Crippen LogP contribution in [-0.2, 0) is 0 Å². The van der Waals surface area contributed by atoms with Gasteiger partial charge in [0.2, 0.25) is 0 Å². The second-order valence-electron chi connectivity index (χ2n) is 4.22. The van der Waals surface area contributed by atoms with Crippen molar-refractivity contribution < 1.29 is 18.7 Å². The van der Waals surface area contributed by atoms with Crippen molar-refractivity contribution in [1.29, 1.82) is 0 Å². The lowest BCUT2D eigenvalue weighted by Gasteiger charge is -2.06. The molecule has 110 valence electrons. The molecule has 2 aromatic rings. The minimum absolute atomic E-state index is 0.210. The summed E-state index contributed by atoms with van der Waals surface area (Å²) < 4.78 is 15.5. The predicted molar refractivity (Wildman–Crippen MR) is 78.1 cm³/mol. The van der Waals surface area contributed by atoms with Gasteiger partial charge in [0, 0.05) is 5.56 Å². The maximum absolute atomic E-state index is 11.8. The van der Waals surface area contributed by atoms with Crippen LogP contribution in [0.5, 0.6) is 11.5 Å². The molecule has 0 spiro atoms. The highest BCUT2D eigenvalue weighted by molar-refractivity contribution is 5.92. The lowest BCUT2D eigenvalue weighted by Crippen LogP contribution is -2.16. The summed E-state index contributed by atoms with van der Waals surface area (Å²) in [5.74, 6) is 1.76. The zero-order chi connectivity index (χ0) is 15.2. The molecule has 0 aliphatic rings. The molecule has 1 aromatic heterocycles. The van der Waals surface area contributed by atoms with E-state index in [1.165, 1.54) is 6.21 Å². The summed E-state index contributed by atoms with van der Waals surface area (Å²) >= 11 is 0. The fourth-order valence-corrected chi connectivity index (χ4v) is 1.71. The molecule has 0 unspecified atom stereocenters. The molecule has 0 aliphatic heterocycles. The number of benzene rings is 1. The number of carbonyl (C=O) groups excluding carboxylic acids is 1. The van der Waals surface area contributed by atoms with E-state index >= 15 is 0 Å². The predicted octanol–water partition coefficient (Wildman–Crippen LogP) is 2.37. The van der Waals surface area contributed by atoms with E-state index in [2.05, 4.69) is 10.5 Å². The van der Waals surface area contributed by atoms with Crippen molar-refractivity contribution in [1.82, 2.24) is 5.43 Å². The van der Waals surface area contributed by atoms with Crippen molar-refractivity contribution in [3.05, 3.63) is 47.4 Å². The number of carbonyl (C=O) groups is 1. The Balaban J connectivity index is 2.08. The summed E-state index contributed by atoms with van der Waals surface area (Å²) in [6.45, 7) is 1.77. The molecule has 6 nitrogen and oxygen atoms in total. The van der Waals surface area contributed by atoms with Gasteiger partial charge in [0.05, 0.1) is 20.4 Å². The molecule has 1 amide bonds. The van der Waals surface area contributed by atoms with Crippen LogP contribution in [0.2, 0.25) is 0 Å². The number of nitrogens with one attached hydrogen (secondary N) is 1. The Bertz CT molecular complexity index is 661. The standard InChI is InChI=1S/C15H16N2O4/c1-10-4-6-14(21-10)15(18)17-16-9-11-8-12(19-2)5-7-13(11)20-3/h4-9H,1-3H3,(H,17,18)/b16-9+. The molecule has 0 aliphatic carbocycles. The van der Waals surface area contributed by atoms with Gasteiger partial charge in [-0.15, -0.1) is 0 Å². The number of ether oxygens (including phenoxy) is 2. The summed E-state index contributed by atoms with van der Waals surface area (Å²) in [4.78, 5) is 11.8. The van der Waals surface area contributed by atoms with Crippen LogP contribution in [0.3, 0.4) is 0 Å². The Labute approximate surface area is 122 Å². The topological polar surface area (TPSA) is 73.1 Å². The van der Waals surface area contributed by atoms with Gasteiger partial charge >= 0.3 is 5.91 Å². The smallest absolute Gasteiger partial charge is 0.307 e. The van der Waals surface area contributed by atoms with Crippen LogP contribution < -0.4 is 14.9 Å². The Morgan fingerprint density at radius 2 is 2.05 bits per heavy atom. The number of methoxy groups -OCH3 is 2. The number of hydrogen-bond acceptors (Lipinski definition) is 5. The molecule has 6 heteroatoms. The normalized spacial score (nSPS) is 10.6. The maximum Gasteiger partial charge on any atom is 0.307 e. The van der Waals surface area contributed by atoms with Gasteiger partial charge in [0.15, 0.2) is 5.76 Å². The first-order chi connectivity index (χ1) is 10.1. The average Bonchev–Trinajstić information content (AvgIpc) is 2.93. The van der Waals surface area contributed by atoms with Crippen molar-refractivity contribution in [2.24, 2.45) is 5.10 Å². The molecule has 1 heterocycles. The Morgan fingerprint density at radius 3 is 2.67 bits per heavy atom. The van der Waals surface area contributed by atoms with Gasteiger partial charge in [0.1, 0.15) is 17.3 Å².